The van der Waals surface area contributed by atoms with Crippen molar-refractivity contribution in [1.82, 2.24) is 15.0 Å². The monoisotopic (exact) mass is 292 g/mol. The molecule has 2 heterocycles. The van der Waals surface area contributed by atoms with Crippen LogP contribution in [0.3, 0.4) is 0 Å². The van der Waals surface area contributed by atoms with Crippen molar-refractivity contribution < 1.29 is 0 Å². The minimum Gasteiger partial charge on any atom is -0.328 e. The maximum atomic E-state index is 5.72. The fourth-order valence-electron chi connectivity index (χ4n) is 1.50. The maximum Gasteiger partial charge on any atom is 0.179 e. The number of halogens is 1. The average molecular weight is 293 g/mol. The lowest BCUT2D eigenvalue weighted by Crippen LogP contribution is -2.18. The Morgan fingerprint density at radius 3 is 2.59 bits per heavy atom. The summed E-state index contributed by atoms with van der Waals surface area (Å²) in [6.45, 7) is 1.96. The largest absolute Gasteiger partial charge is 0.328 e. The Balaban J connectivity index is 2.27. The van der Waals surface area contributed by atoms with Crippen molar-refractivity contribution in [3.8, 4) is 11.5 Å². The molecule has 1 atom stereocenters. The number of hydrogen-bond donors (Lipinski definition) is 1. The van der Waals surface area contributed by atoms with Crippen LogP contribution in [0.25, 0.3) is 11.5 Å². The fourth-order valence-corrected chi connectivity index (χ4v) is 1.94. The molecule has 2 aromatic rings. The van der Waals surface area contributed by atoms with Gasteiger partial charge in [-0.2, -0.15) is 0 Å². The molecular formula is C12H13BrN4. The third-order valence-electron chi connectivity index (χ3n) is 2.23. The van der Waals surface area contributed by atoms with Gasteiger partial charge in [-0.3, -0.25) is 4.98 Å². The lowest BCUT2D eigenvalue weighted by Gasteiger charge is -2.05. The van der Waals surface area contributed by atoms with Crippen molar-refractivity contribution in [2.45, 2.75) is 19.4 Å². The summed E-state index contributed by atoms with van der Waals surface area (Å²) < 4.78 is 0.889. The van der Waals surface area contributed by atoms with Crippen LogP contribution in [0, 0.1) is 0 Å². The van der Waals surface area contributed by atoms with E-state index in [9.17, 15) is 0 Å². The van der Waals surface area contributed by atoms with Crippen molar-refractivity contribution in [2.24, 2.45) is 5.73 Å². The second-order valence-electron chi connectivity index (χ2n) is 3.93. The van der Waals surface area contributed by atoms with Crippen LogP contribution in [0.15, 0.2) is 35.2 Å². The van der Waals surface area contributed by atoms with Gasteiger partial charge in [-0.25, -0.2) is 9.97 Å². The van der Waals surface area contributed by atoms with Gasteiger partial charge in [0.25, 0.3) is 0 Å². The third-order valence-corrected chi connectivity index (χ3v) is 2.87. The molecule has 0 saturated carbocycles. The van der Waals surface area contributed by atoms with Crippen LogP contribution in [0.5, 0.6) is 0 Å². The molecule has 0 aliphatic carbocycles. The van der Waals surface area contributed by atoms with Crippen LogP contribution in [0.4, 0.5) is 0 Å². The van der Waals surface area contributed by atoms with Crippen LogP contribution in [0.2, 0.25) is 0 Å². The Hall–Kier alpha value is -1.33. The van der Waals surface area contributed by atoms with E-state index in [1.54, 1.807) is 18.6 Å². The smallest absolute Gasteiger partial charge is 0.179 e. The highest BCUT2D eigenvalue weighted by Crippen LogP contribution is 2.21. The molecule has 17 heavy (non-hydrogen) atoms. The molecule has 0 aliphatic heterocycles. The van der Waals surface area contributed by atoms with Crippen molar-refractivity contribution in [3.63, 3.8) is 0 Å². The van der Waals surface area contributed by atoms with Gasteiger partial charge in [-0.1, -0.05) is 0 Å². The number of hydrogen-bond acceptors (Lipinski definition) is 4. The summed E-state index contributed by atoms with van der Waals surface area (Å²) in [5, 5.41) is 0. The number of pyridine rings is 1. The molecule has 0 bridgehead atoms. The Labute approximate surface area is 108 Å². The fraction of sp³-hybridized carbons (Fsp3) is 0.250. The first kappa shape index (κ1) is 12.1. The maximum absolute atomic E-state index is 5.72. The number of nitrogens with two attached hydrogens (primary N) is 1. The van der Waals surface area contributed by atoms with Crippen LogP contribution in [0.1, 0.15) is 12.5 Å². The van der Waals surface area contributed by atoms with E-state index in [1.165, 1.54) is 0 Å². The molecule has 0 fully saturated rings. The normalized spacial score (nSPS) is 12.4. The first-order valence-corrected chi connectivity index (χ1v) is 6.13. The minimum atomic E-state index is 0.117. The van der Waals surface area contributed by atoms with E-state index < -0.39 is 0 Å². The van der Waals surface area contributed by atoms with Gasteiger partial charge in [0.2, 0.25) is 0 Å². The van der Waals surface area contributed by atoms with E-state index in [0.717, 1.165) is 22.2 Å². The predicted octanol–water partition coefficient (Wildman–Crippen LogP) is 2.19. The molecule has 4 nitrogen and oxygen atoms in total. The molecule has 5 heteroatoms. The number of nitrogens with zero attached hydrogens (tertiary/aromatic N) is 3. The molecule has 0 saturated heterocycles. The van der Waals surface area contributed by atoms with E-state index in [-0.39, 0.29) is 6.04 Å². The Morgan fingerprint density at radius 2 is 2.00 bits per heavy atom. The first-order chi connectivity index (χ1) is 8.16. The van der Waals surface area contributed by atoms with Crippen LogP contribution >= 0.6 is 15.9 Å². The van der Waals surface area contributed by atoms with Gasteiger partial charge in [0.1, 0.15) is 5.69 Å². The van der Waals surface area contributed by atoms with Gasteiger partial charge in [0.15, 0.2) is 5.82 Å². The summed E-state index contributed by atoms with van der Waals surface area (Å²) in [5.74, 6) is 0.617. The molecular weight excluding hydrogens is 280 g/mol. The molecule has 2 rings (SSSR count). The van der Waals surface area contributed by atoms with Gasteiger partial charge in [0.05, 0.1) is 0 Å². The Morgan fingerprint density at radius 1 is 1.29 bits per heavy atom. The lowest BCUT2D eigenvalue weighted by atomic mass is 10.1. The zero-order valence-corrected chi connectivity index (χ0v) is 11.1. The molecule has 88 valence electrons. The van der Waals surface area contributed by atoms with Gasteiger partial charge in [-0.15, -0.1) is 0 Å². The SMILES string of the molecule is CC(N)Cc1cnc(-c2ncccc2Br)nc1. The summed E-state index contributed by atoms with van der Waals surface area (Å²) in [7, 11) is 0. The Kier molecular flexibility index (Phi) is 3.81. The molecule has 0 radical (unpaired) electrons. The number of aromatic nitrogens is 3. The summed E-state index contributed by atoms with van der Waals surface area (Å²) in [4.78, 5) is 12.8. The van der Waals surface area contributed by atoms with Crippen LogP contribution in [-0.2, 0) is 6.42 Å². The van der Waals surface area contributed by atoms with Crippen LogP contribution in [-0.4, -0.2) is 21.0 Å². The van der Waals surface area contributed by atoms with Crippen molar-refractivity contribution >= 4 is 15.9 Å². The predicted molar refractivity (Wildman–Crippen MR) is 70.3 cm³/mol. The van der Waals surface area contributed by atoms with E-state index in [2.05, 4.69) is 30.9 Å². The minimum absolute atomic E-state index is 0.117. The molecule has 2 aromatic heterocycles. The van der Waals surface area contributed by atoms with Gasteiger partial charge < -0.3 is 5.73 Å². The van der Waals surface area contributed by atoms with E-state index in [1.807, 2.05) is 19.1 Å². The Bertz CT molecular complexity index is 496. The second kappa shape index (κ2) is 5.33. The van der Waals surface area contributed by atoms with E-state index in [0.29, 0.717) is 5.82 Å². The van der Waals surface area contributed by atoms with E-state index >= 15 is 0 Å². The first-order valence-electron chi connectivity index (χ1n) is 5.34. The summed E-state index contributed by atoms with van der Waals surface area (Å²) in [6.07, 6.45) is 6.10. The highest BCUT2D eigenvalue weighted by atomic mass is 79.9. The third kappa shape index (κ3) is 3.08. The average Bonchev–Trinajstić information content (AvgIpc) is 2.30. The topological polar surface area (TPSA) is 64.7 Å². The van der Waals surface area contributed by atoms with Gasteiger partial charge in [0, 0.05) is 29.1 Å². The summed E-state index contributed by atoms with van der Waals surface area (Å²) in [6, 6.07) is 3.89. The van der Waals surface area contributed by atoms with Crippen LogP contribution < -0.4 is 5.73 Å². The quantitative estimate of drug-likeness (QED) is 0.942. The summed E-state index contributed by atoms with van der Waals surface area (Å²) in [5.41, 5.74) is 7.51. The molecule has 0 aliphatic rings. The molecule has 1 unspecified atom stereocenters. The van der Waals surface area contributed by atoms with E-state index in [4.69, 9.17) is 5.73 Å². The van der Waals surface area contributed by atoms with Crippen molar-refractivity contribution in [2.75, 3.05) is 0 Å². The molecule has 0 amide bonds. The number of rotatable bonds is 3. The van der Waals surface area contributed by atoms with Gasteiger partial charge >= 0.3 is 0 Å². The summed E-state index contributed by atoms with van der Waals surface area (Å²) >= 11 is 3.43. The zero-order valence-electron chi connectivity index (χ0n) is 9.47. The van der Waals surface area contributed by atoms with Gasteiger partial charge in [-0.05, 0) is 47.0 Å². The second-order valence-corrected chi connectivity index (χ2v) is 4.78. The molecule has 0 spiro atoms. The highest BCUT2D eigenvalue weighted by Gasteiger charge is 2.07. The van der Waals surface area contributed by atoms with Crippen molar-refractivity contribution in [1.29, 1.82) is 0 Å². The standard InChI is InChI=1S/C12H13BrN4/c1-8(14)5-9-6-16-12(17-7-9)11-10(13)3-2-4-15-11/h2-4,6-8H,5,14H2,1H3. The zero-order chi connectivity index (χ0) is 12.3. The lowest BCUT2D eigenvalue weighted by molar-refractivity contribution is 0.732. The van der Waals surface area contributed by atoms with Crippen molar-refractivity contribution in [3.05, 3.63) is 40.8 Å². The highest BCUT2D eigenvalue weighted by molar-refractivity contribution is 9.10. The molecule has 0 aromatic carbocycles. The molecule has 2 N–H and O–H groups in total.